The maximum Gasteiger partial charge on any atom is 0.326 e. The van der Waals surface area contributed by atoms with Crippen LogP contribution in [0.2, 0.25) is 0 Å². The number of thioether (sulfide) groups is 1. The molecule has 0 spiro atoms. The van der Waals surface area contributed by atoms with E-state index in [0.717, 1.165) is 42.3 Å². The van der Waals surface area contributed by atoms with Crippen LogP contribution >= 0.6 is 23.1 Å². The van der Waals surface area contributed by atoms with Crippen molar-refractivity contribution in [3.05, 3.63) is 5.51 Å². The number of hydrogen-bond acceptors (Lipinski definition) is 7. The van der Waals surface area contributed by atoms with E-state index >= 15 is 0 Å². The Morgan fingerprint density at radius 2 is 2.55 bits per heavy atom. The second-order valence-corrected chi connectivity index (χ2v) is 7.10. The molecule has 1 N–H and O–H groups in total. The molecule has 0 aliphatic heterocycles. The molecule has 0 aromatic carbocycles. The van der Waals surface area contributed by atoms with Gasteiger partial charge in [-0.1, -0.05) is 36.4 Å². The summed E-state index contributed by atoms with van der Waals surface area (Å²) in [6, 6.07) is 0. The molecule has 1 heterocycles. The molecule has 2 unspecified atom stereocenters. The fraction of sp³-hybridized carbons (Fsp3) is 0.769. The first-order chi connectivity index (χ1) is 9.73. The van der Waals surface area contributed by atoms with Crippen molar-refractivity contribution in [2.24, 2.45) is 5.92 Å². The number of esters is 1. The maximum atomic E-state index is 12.2. The zero-order valence-electron chi connectivity index (χ0n) is 11.9. The number of carbonyl (C=O) groups excluding carboxylic acids is 1. The first-order valence-corrected chi connectivity index (χ1v) is 8.82. The number of likely N-dealkylation sites (N-methyl/N-ethyl adjacent to an activating group) is 1. The normalized spacial score (nSPS) is 25.8. The lowest BCUT2D eigenvalue weighted by molar-refractivity contribution is -0.150. The summed E-state index contributed by atoms with van der Waals surface area (Å²) in [7, 11) is 1.48. The Morgan fingerprint density at radius 1 is 1.70 bits per heavy atom. The molecule has 0 saturated heterocycles. The highest BCUT2D eigenvalue weighted by Crippen LogP contribution is 2.40. The fourth-order valence-corrected chi connectivity index (χ4v) is 4.67. The molecule has 1 aromatic rings. The summed E-state index contributed by atoms with van der Waals surface area (Å²) < 4.78 is 6.04. The molecule has 1 aliphatic carbocycles. The molecular weight excluding hydrogens is 294 g/mol. The third-order valence-electron chi connectivity index (χ3n) is 3.89. The Balaban J connectivity index is 1.95. The van der Waals surface area contributed by atoms with Gasteiger partial charge in [-0.2, -0.15) is 0 Å². The number of carbonyl (C=O) groups is 1. The Hall–Kier alpha value is -0.660. The summed E-state index contributed by atoms with van der Waals surface area (Å²) in [5.74, 6) is 1.20. The van der Waals surface area contributed by atoms with Crippen LogP contribution in [-0.4, -0.2) is 41.1 Å². The van der Waals surface area contributed by atoms with E-state index in [1.165, 1.54) is 7.11 Å². The molecule has 7 heteroatoms. The Labute approximate surface area is 127 Å². The van der Waals surface area contributed by atoms with Crippen molar-refractivity contribution in [2.45, 2.75) is 42.5 Å². The number of nitrogens with zero attached hydrogens (tertiary/aromatic N) is 2. The van der Waals surface area contributed by atoms with Crippen molar-refractivity contribution in [2.75, 3.05) is 19.4 Å². The molecule has 1 saturated carbocycles. The van der Waals surface area contributed by atoms with Crippen LogP contribution in [0.3, 0.4) is 0 Å². The molecule has 20 heavy (non-hydrogen) atoms. The van der Waals surface area contributed by atoms with Crippen molar-refractivity contribution in [1.82, 2.24) is 15.5 Å². The third-order valence-corrected chi connectivity index (χ3v) is 5.79. The second kappa shape index (κ2) is 7.38. The summed E-state index contributed by atoms with van der Waals surface area (Å²) in [5, 5.41) is 11.3. The summed E-state index contributed by atoms with van der Waals surface area (Å²) in [4.78, 5) is 12.2. The van der Waals surface area contributed by atoms with E-state index in [1.54, 1.807) is 28.6 Å². The smallest absolute Gasteiger partial charge is 0.326 e. The monoisotopic (exact) mass is 315 g/mol. The first kappa shape index (κ1) is 15.7. The van der Waals surface area contributed by atoms with E-state index < -0.39 is 5.54 Å². The SMILES string of the molecule is CCNC1(C(=O)OC)CCCC1CCSc1nncs1. The highest BCUT2D eigenvalue weighted by atomic mass is 32.2. The van der Waals surface area contributed by atoms with Gasteiger partial charge in [-0.25, -0.2) is 0 Å². The van der Waals surface area contributed by atoms with Gasteiger partial charge in [0.05, 0.1) is 7.11 Å². The lowest BCUT2D eigenvalue weighted by Crippen LogP contribution is -2.55. The quantitative estimate of drug-likeness (QED) is 0.615. The Morgan fingerprint density at radius 3 is 3.20 bits per heavy atom. The van der Waals surface area contributed by atoms with Gasteiger partial charge in [-0.05, 0) is 31.7 Å². The minimum Gasteiger partial charge on any atom is -0.468 e. The largest absolute Gasteiger partial charge is 0.468 e. The van der Waals surface area contributed by atoms with Gasteiger partial charge in [0.1, 0.15) is 11.0 Å². The number of hydrogen-bond donors (Lipinski definition) is 1. The van der Waals surface area contributed by atoms with Crippen molar-refractivity contribution in [3.8, 4) is 0 Å². The van der Waals surface area contributed by atoms with E-state index in [0.29, 0.717) is 5.92 Å². The molecule has 0 bridgehead atoms. The maximum absolute atomic E-state index is 12.2. The number of ether oxygens (including phenoxy) is 1. The van der Waals surface area contributed by atoms with Crippen LogP contribution in [0, 0.1) is 5.92 Å². The first-order valence-electron chi connectivity index (χ1n) is 6.95. The Bertz CT molecular complexity index is 427. The second-order valence-electron chi connectivity index (χ2n) is 4.92. The minimum atomic E-state index is -0.481. The number of methoxy groups -OCH3 is 1. The number of nitrogens with one attached hydrogen (secondary N) is 1. The van der Waals surface area contributed by atoms with Crippen LogP contribution in [-0.2, 0) is 9.53 Å². The molecule has 5 nitrogen and oxygen atoms in total. The number of rotatable bonds is 7. The van der Waals surface area contributed by atoms with E-state index in [9.17, 15) is 4.79 Å². The van der Waals surface area contributed by atoms with Gasteiger partial charge >= 0.3 is 5.97 Å². The van der Waals surface area contributed by atoms with E-state index in [1.807, 2.05) is 6.92 Å². The topological polar surface area (TPSA) is 64.1 Å². The van der Waals surface area contributed by atoms with Gasteiger partial charge in [-0.3, -0.25) is 4.79 Å². The van der Waals surface area contributed by atoms with Crippen LogP contribution in [0.1, 0.15) is 32.6 Å². The van der Waals surface area contributed by atoms with Crippen molar-refractivity contribution in [1.29, 1.82) is 0 Å². The lowest BCUT2D eigenvalue weighted by atomic mass is 9.85. The molecule has 2 atom stereocenters. The summed E-state index contributed by atoms with van der Waals surface area (Å²) >= 11 is 3.28. The molecule has 0 amide bonds. The fourth-order valence-electron chi connectivity index (χ4n) is 3.05. The van der Waals surface area contributed by atoms with E-state index in [2.05, 4.69) is 15.5 Å². The molecular formula is C13H21N3O2S2. The standard InChI is InChI=1S/C13H21N3O2S2/c1-3-14-13(11(17)18-2)7-4-5-10(13)6-8-19-12-16-15-9-20-12/h9-10,14H,3-8H2,1-2H3. The van der Waals surface area contributed by atoms with Crippen molar-refractivity contribution < 1.29 is 9.53 Å². The minimum absolute atomic E-state index is 0.109. The Kier molecular flexibility index (Phi) is 5.80. The molecule has 1 fully saturated rings. The van der Waals surface area contributed by atoms with Crippen LogP contribution < -0.4 is 5.32 Å². The zero-order valence-corrected chi connectivity index (χ0v) is 13.6. The average molecular weight is 315 g/mol. The van der Waals surface area contributed by atoms with Crippen molar-refractivity contribution >= 4 is 29.1 Å². The van der Waals surface area contributed by atoms with Gasteiger partial charge in [0, 0.05) is 5.75 Å². The van der Waals surface area contributed by atoms with Gasteiger partial charge < -0.3 is 10.1 Å². The predicted molar refractivity (Wildman–Crippen MR) is 81.0 cm³/mol. The van der Waals surface area contributed by atoms with Gasteiger partial charge in [0.15, 0.2) is 4.34 Å². The van der Waals surface area contributed by atoms with Crippen LogP contribution in [0.15, 0.2) is 9.85 Å². The number of aromatic nitrogens is 2. The summed E-state index contributed by atoms with van der Waals surface area (Å²) in [6.45, 7) is 2.82. The summed E-state index contributed by atoms with van der Waals surface area (Å²) in [6.07, 6.45) is 4.03. The van der Waals surface area contributed by atoms with Gasteiger partial charge in [0.25, 0.3) is 0 Å². The highest BCUT2D eigenvalue weighted by Gasteiger charge is 2.48. The van der Waals surface area contributed by atoms with Gasteiger partial charge in [-0.15, -0.1) is 10.2 Å². The van der Waals surface area contributed by atoms with E-state index in [-0.39, 0.29) is 5.97 Å². The van der Waals surface area contributed by atoms with Crippen molar-refractivity contribution in [3.63, 3.8) is 0 Å². The molecule has 0 radical (unpaired) electrons. The average Bonchev–Trinajstić information content (AvgIpc) is 3.09. The lowest BCUT2D eigenvalue weighted by Gasteiger charge is -2.33. The predicted octanol–water partition coefficient (Wildman–Crippen LogP) is 2.34. The molecule has 1 aliphatic rings. The zero-order chi connectivity index (χ0) is 14.4. The van der Waals surface area contributed by atoms with Crippen LogP contribution in [0.25, 0.3) is 0 Å². The van der Waals surface area contributed by atoms with E-state index in [4.69, 9.17) is 4.74 Å². The third kappa shape index (κ3) is 3.32. The summed E-state index contributed by atoms with van der Waals surface area (Å²) in [5.41, 5.74) is 1.26. The van der Waals surface area contributed by atoms with Crippen LogP contribution in [0.4, 0.5) is 0 Å². The molecule has 2 rings (SSSR count). The van der Waals surface area contributed by atoms with Crippen LogP contribution in [0.5, 0.6) is 0 Å². The highest BCUT2D eigenvalue weighted by molar-refractivity contribution is 8.00. The van der Waals surface area contributed by atoms with Gasteiger partial charge in [0.2, 0.25) is 0 Å². The molecule has 112 valence electrons. The molecule has 1 aromatic heterocycles.